The Kier molecular flexibility index (Phi) is 19.1. The van der Waals surface area contributed by atoms with Crippen LogP contribution >= 0.6 is 0 Å². The Morgan fingerprint density at radius 3 is 1.61 bits per heavy atom. The number of hydrogen-bond donors (Lipinski definition) is 6. The van der Waals surface area contributed by atoms with Gasteiger partial charge in [0.25, 0.3) is 0 Å². The SMILES string of the molecule is CC[C@H](C)[C@H](NC(=O)[C@H](CO)NC(=O)[C@H](CC1CCC1)NC(=O)[C@@H]1CCCN1C(=O)[C@H](CC(C)C)NC(C)=O)C(=O)N1CCC[C@H]1C(=O)N[C@@H](CC(C)C)C(=O)N(C)C. The monoisotopic (exact) mass is 833 g/mol. The number of amides is 8. The number of hydrogen-bond acceptors (Lipinski definition) is 9. The summed E-state index contributed by atoms with van der Waals surface area (Å²) in [4.78, 5) is 112. The molecule has 8 atom stereocenters. The second-order valence-electron chi connectivity index (χ2n) is 17.9. The average molecular weight is 833 g/mol. The summed E-state index contributed by atoms with van der Waals surface area (Å²) in [5, 5.41) is 24.1. The largest absolute Gasteiger partial charge is 0.394 e. The third kappa shape index (κ3) is 13.9. The molecule has 0 bridgehead atoms. The van der Waals surface area contributed by atoms with Crippen LogP contribution in [0.5, 0.6) is 0 Å². The van der Waals surface area contributed by atoms with E-state index in [-0.39, 0.29) is 47.9 Å². The van der Waals surface area contributed by atoms with Gasteiger partial charge in [0.2, 0.25) is 47.3 Å². The standard InChI is InChI=1S/C42H72N8O9/c1-10-26(6)35(42(59)50-19-13-17-34(50)39(56)45-30(20-24(2)3)40(57)48(8)9)47-37(54)32(23-51)46-36(53)29(22-28-14-11-15-28)44-38(55)33-16-12-18-49(33)41(58)31(21-25(4)5)43-27(7)52/h24-26,28-35,51H,10-23H2,1-9H3,(H,43,52)(H,44,55)(H,45,56)(H,46,53)(H,47,54)/t26-,29-,30-,31-,32-,33-,34-,35-/m0/s1. The Hall–Kier alpha value is -4.28. The van der Waals surface area contributed by atoms with Gasteiger partial charge in [-0.05, 0) is 68.6 Å². The molecule has 8 amide bonds. The third-order valence-electron chi connectivity index (χ3n) is 11.8. The van der Waals surface area contributed by atoms with Crippen LogP contribution in [0, 0.1) is 23.7 Å². The second-order valence-corrected chi connectivity index (χ2v) is 17.9. The smallest absolute Gasteiger partial charge is 0.246 e. The maximum atomic E-state index is 14.2. The first-order chi connectivity index (χ1) is 27.8. The van der Waals surface area contributed by atoms with Crippen LogP contribution in [0.25, 0.3) is 0 Å². The molecule has 3 rings (SSSR count). The third-order valence-corrected chi connectivity index (χ3v) is 11.8. The number of nitrogens with zero attached hydrogens (tertiary/aromatic N) is 3. The average Bonchev–Trinajstić information content (AvgIpc) is 3.85. The van der Waals surface area contributed by atoms with Crippen molar-refractivity contribution in [3.05, 3.63) is 0 Å². The van der Waals surface area contributed by atoms with Crippen molar-refractivity contribution in [1.29, 1.82) is 0 Å². The topological polar surface area (TPSA) is 227 Å². The van der Waals surface area contributed by atoms with E-state index in [1.165, 1.54) is 21.6 Å². The van der Waals surface area contributed by atoms with Gasteiger partial charge in [-0.1, -0.05) is 67.2 Å². The van der Waals surface area contributed by atoms with Crippen molar-refractivity contribution in [2.75, 3.05) is 33.8 Å². The number of aliphatic hydroxyl groups is 1. The highest BCUT2D eigenvalue weighted by molar-refractivity contribution is 5.98. The summed E-state index contributed by atoms with van der Waals surface area (Å²) < 4.78 is 0. The van der Waals surface area contributed by atoms with E-state index in [2.05, 4.69) is 26.6 Å². The highest BCUT2D eigenvalue weighted by Crippen LogP contribution is 2.31. The number of likely N-dealkylation sites (tertiary alicyclic amines) is 2. The minimum Gasteiger partial charge on any atom is -0.394 e. The molecule has 334 valence electrons. The highest BCUT2D eigenvalue weighted by atomic mass is 16.3. The molecule has 2 saturated heterocycles. The molecule has 3 aliphatic rings. The number of carbonyl (C=O) groups excluding carboxylic acids is 8. The van der Waals surface area contributed by atoms with Crippen molar-refractivity contribution in [2.24, 2.45) is 23.7 Å². The van der Waals surface area contributed by atoms with Gasteiger partial charge in [-0.15, -0.1) is 0 Å². The van der Waals surface area contributed by atoms with E-state index in [0.717, 1.165) is 19.3 Å². The van der Waals surface area contributed by atoms with Gasteiger partial charge >= 0.3 is 0 Å². The van der Waals surface area contributed by atoms with E-state index >= 15 is 0 Å². The molecule has 17 heteroatoms. The Labute approximate surface area is 350 Å². The van der Waals surface area contributed by atoms with Crippen LogP contribution in [-0.2, 0) is 38.4 Å². The second kappa shape index (κ2) is 22.9. The summed E-state index contributed by atoms with van der Waals surface area (Å²) in [5.74, 6) is -3.88. The summed E-state index contributed by atoms with van der Waals surface area (Å²) >= 11 is 0. The van der Waals surface area contributed by atoms with E-state index in [9.17, 15) is 43.5 Å². The molecule has 0 radical (unpaired) electrons. The molecule has 6 N–H and O–H groups in total. The molecule has 0 aromatic carbocycles. The first-order valence-electron chi connectivity index (χ1n) is 21.7. The number of carbonyl (C=O) groups is 8. The lowest BCUT2D eigenvalue weighted by molar-refractivity contribution is -0.144. The zero-order chi connectivity index (χ0) is 44.1. The highest BCUT2D eigenvalue weighted by Gasteiger charge is 2.42. The van der Waals surface area contributed by atoms with Gasteiger partial charge in [-0.25, -0.2) is 0 Å². The predicted molar refractivity (Wildman–Crippen MR) is 221 cm³/mol. The van der Waals surface area contributed by atoms with E-state index in [0.29, 0.717) is 57.9 Å². The molecule has 59 heavy (non-hydrogen) atoms. The number of rotatable bonds is 21. The molecule has 17 nitrogen and oxygen atoms in total. The van der Waals surface area contributed by atoms with Crippen molar-refractivity contribution in [2.45, 2.75) is 161 Å². The number of likely N-dealkylation sites (N-methyl/N-ethyl adjacent to an activating group) is 1. The molecule has 1 aliphatic carbocycles. The summed E-state index contributed by atoms with van der Waals surface area (Å²) in [6.45, 7) is 12.6. The molecule has 2 aliphatic heterocycles. The van der Waals surface area contributed by atoms with Gasteiger partial charge < -0.3 is 46.4 Å². The molecule has 0 aromatic rings. The minimum atomic E-state index is -1.46. The van der Waals surface area contributed by atoms with Crippen molar-refractivity contribution in [1.82, 2.24) is 41.3 Å². The van der Waals surface area contributed by atoms with E-state index in [4.69, 9.17) is 0 Å². The van der Waals surface area contributed by atoms with Crippen LogP contribution in [0.3, 0.4) is 0 Å². The molecule has 0 spiro atoms. The summed E-state index contributed by atoms with van der Waals surface area (Å²) in [5.41, 5.74) is 0. The maximum Gasteiger partial charge on any atom is 0.246 e. The first-order valence-corrected chi connectivity index (χ1v) is 21.7. The van der Waals surface area contributed by atoms with Crippen molar-refractivity contribution < 1.29 is 43.5 Å². The summed E-state index contributed by atoms with van der Waals surface area (Å²) in [6.07, 6.45) is 6.20. The Morgan fingerprint density at radius 2 is 1.15 bits per heavy atom. The quantitative estimate of drug-likeness (QED) is 0.0962. The lowest BCUT2D eigenvalue weighted by atomic mass is 9.80. The Bertz CT molecular complexity index is 1500. The van der Waals surface area contributed by atoms with Crippen LogP contribution in [-0.4, -0.2) is 143 Å². The van der Waals surface area contributed by atoms with Gasteiger partial charge in [-0.2, -0.15) is 0 Å². The van der Waals surface area contributed by atoms with E-state index in [1.807, 2.05) is 34.6 Å². The Balaban J connectivity index is 1.75. The van der Waals surface area contributed by atoms with E-state index < -0.39 is 78.4 Å². The van der Waals surface area contributed by atoms with Crippen molar-refractivity contribution in [3.8, 4) is 0 Å². The lowest BCUT2D eigenvalue weighted by Crippen LogP contribution is -2.61. The number of nitrogens with one attached hydrogen (secondary N) is 5. The zero-order valence-corrected chi connectivity index (χ0v) is 36.8. The summed E-state index contributed by atoms with van der Waals surface area (Å²) in [7, 11) is 3.24. The fraction of sp³-hybridized carbons (Fsp3) is 0.810. The minimum absolute atomic E-state index is 0.105. The van der Waals surface area contributed by atoms with Crippen LogP contribution in [0.4, 0.5) is 0 Å². The van der Waals surface area contributed by atoms with Gasteiger partial charge in [0, 0.05) is 34.1 Å². The summed E-state index contributed by atoms with van der Waals surface area (Å²) in [6, 6.07) is -6.87. The zero-order valence-electron chi connectivity index (χ0n) is 36.8. The van der Waals surface area contributed by atoms with Crippen molar-refractivity contribution >= 4 is 47.3 Å². The van der Waals surface area contributed by atoms with Crippen LogP contribution in [0.1, 0.15) is 119 Å². The lowest BCUT2D eigenvalue weighted by Gasteiger charge is -2.34. The molecule has 0 unspecified atom stereocenters. The maximum absolute atomic E-state index is 14.2. The van der Waals surface area contributed by atoms with Gasteiger partial charge in [0.05, 0.1) is 6.61 Å². The normalized spacial score (nSPS) is 21.1. The van der Waals surface area contributed by atoms with Gasteiger partial charge in [0.15, 0.2) is 0 Å². The van der Waals surface area contributed by atoms with Crippen LogP contribution in [0.15, 0.2) is 0 Å². The molecule has 3 fully saturated rings. The van der Waals surface area contributed by atoms with Crippen LogP contribution in [0.2, 0.25) is 0 Å². The fourth-order valence-corrected chi connectivity index (χ4v) is 8.16. The molecule has 2 heterocycles. The van der Waals surface area contributed by atoms with Crippen LogP contribution < -0.4 is 26.6 Å². The van der Waals surface area contributed by atoms with Crippen molar-refractivity contribution in [3.63, 3.8) is 0 Å². The molecule has 1 saturated carbocycles. The number of aliphatic hydroxyl groups excluding tert-OH is 1. The first kappa shape index (κ1) is 49.1. The van der Waals surface area contributed by atoms with Gasteiger partial charge in [0.1, 0.15) is 42.3 Å². The molecule has 0 aromatic heterocycles. The Morgan fingerprint density at radius 1 is 0.644 bits per heavy atom. The van der Waals surface area contributed by atoms with Gasteiger partial charge in [-0.3, -0.25) is 38.4 Å². The molecular formula is C42H72N8O9. The predicted octanol–water partition coefficient (Wildman–Crippen LogP) is 0.821. The molecular weight excluding hydrogens is 761 g/mol. The van der Waals surface area contributed by atoms with E-state index in [1.54, 1.807) is 21.0 Å². The fourth-order valence-electron chi connectivity index (χ4n) is 8.16.